The van der Waals surface area contributed by atoms with Crippen LogP contribution in [0.4, 0.5) is 0 Å². The van der Waals surface area contributed by atoms with Crippen LogP contribution in [0.25, 0.3) is 0 Å². The third-order valence-corrected chi connectivity index (χ3v) is 6.64. The van der Waals surface area contributed by atoms with Gasteiger partial charge in [0.2, 0.25) is 0 Å². The van der Waals surface area contributed by atoms with E-state index < -0.39 is 17.1 Å². The summed E-state index contributed by atoms with van der Waals surface area (Å²) in [4.78, 5) is 12.6. The van der Waals surface area contributed by atoms with Crippen molar-refractivity contribution in [2.75, 3.05) is 7.11 Å². The Labute approximate surface area is 129 Å². The molecule has 4 aliphatic rings. The average Bonchev–Trinajstić information content (AvgIpc) is 2.85. The molecule has 1 aliphatic heterocycles. The number of ether oxygens (including phenoxy) is 2. The maximum Gasteiger partial charge on any atom is 0.174 e. The van der Waals surface area contributed by atoms with Gasteiger partial charge in [-0.2, -0.15) is 0 Å². The molecule has 4 heteroatoms. The first-order chi connectivity index (χ1) is 10.6. The van der Waals surface area contributed by atoms with Gasteiger partial charge in [-0.3, -0.25) is 4.79 Å². The molecule has 0 aromatic heterocycles. The number of methoxy groups -OCH3 is 1. The number of benzene rings is 1. The van der Waals surface area contributed by atoms with Crippen molar-refractivity contribution in [2.24, 2.45) is 5.92 Å². The summed E-state index contributed by atoms with van der Waals surface area (Å²) in [5.74, 6) is 1.77. The van der Waals surface area contributed by atoms with Crippen molar-refractivity contribution in [3.8, 4) is 11.5 Å². The second-order valence-corrected chi connectivity index (χ2v) is 7.28. The van der Waals surface area contributed by atoms with Crippen molar-refractivity contribution in [3.05, 3.63) is 23.3 Å². The highest BCUT2D eigenvalue weighted by Gasteiger charge is 2.71. The summed E-state index contributed by atoms with van der Waals surface area (Å²) in [5.41, 5.74) is 0.975. The Morgan fingerprint density at radius 1 is 1.36 bits per heavy atom. The molecule has 2 bridgehead atoms. The number of hydrogen-bond acceptors (Lipinski definition) is 4. The second kappa shape index (κ2) is 3.85. The molecule has 1 aromatic carbocycles. The summed E-state index contributed by atoms with van der Waals surface area (Å²) in [6.45, 7) is 0. The van der Waals surface area contributed by atoms with E-state index in [9.17, 15) is 9.90 Å². The van der Waals surface area contributed by atoms with E-state index in [2.05, 4.69) is 6.07 Å². The standard InChI is InChI=1S/C18H20O4/c1-21-13-5-4-10-9-11-3-2-7-17-14(10)15(13)22-16(17)12(19)6-8-18(11,17)20/h4-5,11,16,20H,2-3,6-9H2,1H3/t11?,16-,17-,18+/m0/s1. The fraction of sp³-hybridized carbons (Fsp3) is 0.611. The van der Waals surface area contributed by atoms with Crippen LogP contribution in [0.1, 0.15) is 43.2 Å². The van der Waals surface area contributed by atoms with Crippen LogP contribution in [0.15, 0.2) is 12.1 Å². The molecule has 1 spiro atoms. The normalized spacial score (nSPS) is 40.9. The van der Waals surface area contributed by atoms with Gasteiger partial charge in [0.15, 0.2) is 23.4 Å². The number of ketones is 1. The molecule has 0 saturated heterocycles. The number of carbonyl (C=O) groups is 1. The van der Waals surface area contributed by atoms with Gasteiger partial charge in [0.25, 0.3) is 0 Å². The summed E-state index contributed by atoms with van der Waals surface area (Å²) >= 11 is 0. The van der Waals surface area contributed by atoms with Crippen LogP contribution >= 0.6 is 0 Å². The molecule has 0 radical (unpaired) electrons. The third kappa shape index (κ3) is 1.16. The Balaban J connectivity index is 1.87. The monoisotopic (exact) mass is 300 g/mol. The van der Waals surface area contributed by atoms with E-state index in [1.165, 1.54) is 5.56 Å². The zero-order valence-electron chi connectivity index (χ0n) is 12.7. The van der Waals surface area contributed by atoms with Crippen LogP contribution in [0.2, 0.25) is 0 Å². The van der Waals surface area contributed by atoms with Crippen molar-refractivity contribution in [2.45, 2.75) is 55.6 Å². The SMILES string of the molecule is COc1ccc2c3c1O[C@H]1C(=O)CC[C@@]4(O)C(CCC[C@]314)C2. The van der Waals surface area contributed by atoms with Crippen LogP contribution in [0.5, 0.6) is 11.5 Å². The van der Waals surface area contributed by atoms with E-state index in [1.807, 2.05) is 6.07 Å². The maximum atomic E-state index is 12.6. The summed E-state index contributed by atoms with van der Waals surface area (Å²) < 4.78 is 11.6. The molecule has 2 fully saturated rings. The summed E-state index contributed by atoms with van der Waals surface area (Å²) in [6.07, 6.45) is 4.28. The summed E-state index contributed by atoms with van der Waals surface area (Å²) in [7, 11) is 1.63. The Bertz CT molecular complexity index is 697. The van der Waals surface area contributed by atoms with Crippen LogP contribution in [-0.2, 0) is 16.6 Å². The minimum atomic E-state index is -0.797. The number of hydrogen-bond donors (Lipinski definition) is 1. The highest BCUT2D eigenvalue weighted by molar-refractivity contribution is 5.89. The van der Waals surface area contributed by atoms with Gasteiger partial charge in [0.05, 0.1) is 18.1 Å². The van der Waals surface area contributed by atoms with E-state index in [4.69, 9.17) is 9.47 Å². The lowest BCUT2D eigenvalue weighted by atomic mass is 9.46. The van der Waals surface area contributed by atoms with Gasteiger partial charge in [0.1, 0.15) is 0 Å². The van der Waals surface area contributed by atoms with Crippen LogP contribution in [0, 0.1) is 5.92 Å². The maximum absolute atomic E-state index is 12.6. The molecule has 1 heterocycles. The lowest BCUT2D eigenvalue weighted by molar-refractivity contribution is -0.177. The van der Waals surface area contributed by atoms with E-state index in [-0.39, 0.29) is 11.7 Å². The van der Waals surface area contributed by atoms with Gasteiger partial charge in [-0.05, 0) is 43.2 Å². The molecule has 116 valence electrons. The Hall–Kier alpha value is -1.55. The van der Waals surface area contributed by atoms with Gasteiger partial charge in [0, 0.05) is 12.0 Å². The topological polar surface area (TPSA) is 55.8 Å². The van der Waals surface area contributed by atoms with E-state index >= 15 is 0 Å². The molecule has 4 atom stereocenters. The number of aliphatic hydroxyl groups is 1. The van der Waals surface area contributed by atoms with E-state index in [0.717, 1.165) is 31.2 Å². The highest BCUT2D eigenvalue weighted by atomic mass is 16.5. The number of rotatable bonds is 1. The van der Waals surface area contributed by atoms with Gasteiger partial charge in [-0.15, -0.1) is 0 Å². The smallest absolute Gasteiger partial charge is 0.174 e. The van der Waals surface area contributed by atoms with Gasteiger partial charge in [-0.1, -0.05) is 12.5 Å². The highest BCUT2D eigenvalue weighted by Crippen LogP contribution is 2.66. The van der Waals surface area contributed by atoms with Crippen molar-refractivity contribution < 1.29 is 19.4 Å². The minimum Gasteiger partial charge on any atom is -0.493 e. The second-order valence-electron chi connectivity index (χ2n) is 7.28. The molecular weight excluding hydrogens is 280 g/mol. The summed E-state index contributed by atoms with van der Waals surface area (Å²) in [5, 5.41) is 11.6. The quantitative estimate of drug-likeness (QED) is 0.863. The van der Waals surface area contributed by atoms with Crippen molar-refractivity contribution in [1.29, 1.82) is 0 Å². The molecule has 1 N–H and O–H groups in total. The van der Waals surface area contributed by atoms with Crippen LogP contribution in [0.3, 0.4) is 0 Å². The fourth-order valence-corrected chi connectivity index (χ4v) is 5.79. The molecule has 1 unspecified atom stereocenters. The molecule has 3 aliphatic carbocycles. The molecule has 22 heavy (non-hydrogen) atoms. The molecule has 2 saturated carbocycles. The Kier molecular flexibility index (Phi) is 2.27. The lowest BCUT2D eigenvalue weighted by Gasteiger charge is -2.59. The fourth-order valence-electron chi connectivity index (χ4n) is 5.79. The first-order valence-corrected chi connectivity index (χ1v) is 8.24. The van der Waals surface area contributed by atoms with Crippen molar-refractivity contribution >= 4 is 5.78 Å². The van der Waals surface area contributed by atoms with E-state index in [1.54, 1.807) is 7.11 Å². The Morgan fingerprint density at radius 2 is 2.23 bits per heavy atom. The predicted octanol–water partition coefficient (Wildman–Crippen LogP) is 2.14. The number of Topliss-reactive ketones (excluding diaryl/α,β-unsaturated/α-hetero) is 1. The zero-order chi connectivity index (χ0) is 15.1. The predicted molar refractivity (Wildman–Crippen MR) is 79.3 cm³/mol. The lowest BCUT2D eigenvalue weighted by Crippen LogP contribution is -2.69. The third-order valence-electron chi connectivity index (χ3n) is 6.64. The first-order valence-electron chi connectivity index (χ1n) is 8.24. The van der Waals surface area contributed by atoms with Gasteiger partial charge < -0.3 is 14.6 Å². The van der Waals surface area contributed by atoms with Gasteiger partial charge >= 0.3 is 0 Å². The van der Waals surface area contributed by atoms with Gasteiger partial charge in [-0.25, -0.2) is 0 Å². The van der Waals surface area contributed by atoms with Crippen LogP contribution < -0.4 is 9.47 Å². The van der Waals surface area contributed by atoms with Crippen LogP contribution in [-0.4, -0.2) is 29.7 Å². The zero-order valence-corrected chi connectivity index (χ0v) is 12.7. The summed E-state index contributed by atoms with van der Waals surface area (Å²) in [6, 6.07) is 4.04. The number of carbonyl (C=O) groups excluding carboxylic acids is 1. The molecule has 0 amide bonds. The van der Waals surface area contributed by atoms with E-state index in [0.29, 0.717) is 24.3 Å². The molecule has 4 nitrogen and oxygen atoms in total. The molecule has 5 rings (SSSR count). The minimum absolute atomic E-state index is 0.136. The Morgan fingerprint density at radius 3 is 3.05 bits per heavy atom. The molecule has 1 aromatic rings. The van der Waals surface area contributed by atoms with Crippen molar-refractivity contribution in [1.82, 2.24) is 0 Å². The average molecular weight is 300 g/mol. The van der Waals surface area contributed by atoms with Crippen molar-refractivity contribution in [3.63, 3.8) is 0 Å². The first kappa shape index (κ1) is 12.9. The molecular formula is C18H20O4. The largest absolute Gasteiger partial charge is 0.493 e.